The number of Topliss-reactive ketones (excluding diaryl/α,β-unsaturated/α-hetero) is 1. The zero-order valence-corrected chi connectivity index (χ0v) is 17.0. The molecule has 0 aliphatic carbocycles. The van der Waals surface area contributed by atoms with Gasteiger partial charge < -0.3 is 9.90 Å². The van der Waals surface area contributed by atoms with E-state index in [4.69, 9.17) is 0 Å². The third-order valence-electron chi connectivity index (χ3n) is 5.24. The summed E-state index contributed by atoms with van der Waals surface area (Å²) in [5, 5.41) is 16.2. The molecule has 0 amide bonds. The Balaban J connectivity index is 2.01. The van der Waals surface area contributed by atoms with E-state index in [-0.39, 0.29) is 22.2 Å². The van der Waals surface area contributed by atoms with Crippen LogP contribution in [0.1, 0.15) is 43.6 Å². The number of aryl methyl sites for hydroxylation is 2. The molecule has 1 atom stereocenters. The summed E-state index contributed by atoms with van der Waals surface area (Å²) in [6, 6.07) is 19.3. The number of rotatable bonds is 5. The smallest absolute Gasteiger partial charge is 0.275 e. The highest BCUT2D eigenvalue weighted by molar-refractivity contribution is 6.02. The van der Waals surface area contributed by atoms with E-state index in [9.17, 15) is 19.5 Å². The van der Waals surface area contributed by atoms with Gasteiger partial charge in [0.25, 0.3) is 5.56 Å². The van der Waals surface area contributed by atoms with Crippen molar-refractivity contribution in [2.75, 3.05) is 0 Å². The first kappa shape index (κ1) is 20.2. The van der Waals surface area contributed by atoms with Gasteiger partial charge in [-0.15, -0.1) is 0 Å². The molecular formula is C25H19N2O4-. The average Bonchev–Trinajstić information content (AvgIpc) is 2.77. The van der Waals surface area contributed by atoms with E-state index >= 15 is 0 Å². The van der Waals surface area contributed by atoms with E-state index in [0.717, 1.165) is 15.8 Å². The lowest BCUT2D eigenvalue weighted by molar-refractivity contribution is -0.255. The molecule has 0 fully saturated rings. The molecule has 6 heteroatoms. The maximum Gasteiger partial charge on any atom is 0.275 e. The number of hydrogen-bond acceptors (Lipinski definition) is 5. The zero-order chi connectivity index (χ0) is 22.1. The van der Waals surface area contributed by atoms with Crippen molar-refractivity contribution in [3.8, 4) is 0 Å². The first-order valence-electron chi connectivity index (χ1n) is 9.77. The zero-order valence-electron chi connectivity index (χ0n) is 17.0. The second kappa shape index (κ2) is 7.99. The van der Waals surface area contributed by atoms with Crippen LogP contribution in [0.5, 0.6) is 0 Å². The lowest BCUT2D eigenvalue weighted by atomic mass is 9.96. The van der Waals surface area contributed by atoms with Crippen LogP contribution in [0.25, 0.3) is 10.8 Å². The first-order chi connectivity index (χ1) is 14.9. The summed E-state index contributed by atoms with van der Waals surface area (Å²) in [5.74, 6) is -1.88. The van der Waals surface area contributed by atoms with E-state index < -0.39 is 17.6 Å². The van der Waals surface area contributed by atoms with E-state index in [0.29, 0.717) is 11.1 Å². The summed E-state index contributed by atoms with van der Waals surface area (Å²) in [6.45, 7) is 3.82. The fourth-order valence-corrected chi connectivity index (χ4v) is 3.56. The van der Waals surface area contributed by atoms with Gasteiger partial charge in [-0.25, -0.2) is 4.68 Å². The van der Waals surface area contributed by atoms with Crippen molar-refractivity contribution in [3.63, 3.8) is 0 Å². The van der Waals surface area contributed by atoms with Crippen molar-refractivity contribution in [1.82, 2.24) is 9.78 Å². The molecule has 1 aromatic heterocycles. The Morgan fingerprint density at radius 1 is 0.839 bits per heavy atom. The minimum atomic E-state index is -1.52. The summed E-state index contributed by atoms with van der Waals surface area (Å²) in [6.07, 6.45) is 0. The Morgan fingerprint density at radius 2 is 1.39 bits per heavy atom. The van der Waals surface area contributed by atoms with Gasteiger partial charge in [-0.1, -0.05) is 77.9 Å². The highest BCUT2D eigenvalue weighted by Gasteiger charge is 2.27. The molecule has 6 nitrogen and oxygen atoms in total. The van der Waals surface area contributed by atoms with E-state index in [2.05, 4.69) is 5.10 Å². The topological polar surface area (TPSA) is 92.1 Å². The van der Waals surface area contributed by atoms with Crippen LogP contribution in [-0.2, 0) is 0 Å². The molecule has 0 bridgehead atoms. The van der Waals surface area contributed by atoms with Crippen LogP contribution >= 0.6 is 0 Å². The molecule has 0 aliphatic heterocycles. The number of carboxylic acids is 1. The molecule has 0 saturated carbocycles. The van der Waals surface area contributed by atoms with Crippen molar-refractivity contribution in [1.29, 1.82) is 0 Å². The Hall–Kier alpha value is -4.06. The number of carbonyl (C=O) groups excluding carboxylic acids is 2. The van der Waals surface area contributed by atoms with Gasteiger partial charge in [0.2, 0.25) is 0 Å². The highest BCUT2D eigenvalue weighted by atomic mass is 16.4. The van der Waals surface area contributed by atoms with Gasteiger partial charge >= 0.3 is 0 Å². The Labute approximate surface area is 178 Å². The molecule has 0 aliphatic rings. The van der Waals surface area contributed by atoms with E-state index in [1.165, 1.54) is 12.1 Å². The number of nitrogens with zero attached hydrogens (tertiary/aromatic N) is 2. The second-order valence-electron chi connectivity index (χ2n) is 7.47. The van der Waals surface area contributed by atoms with Gasteiger partial charge in [0.15, 0.2) is 5.78 Å². The van der Waals surface area contributed by atoms with Crippen LogP contribution in [0.15, 0.2) is 77.6 Å². The monoisotopic (exact) mass is 411 g/mol. The Morgan fingerprint density at radius 3 is 1.97 bits per heavy atom. The molecular weight excluding hydrogens is 392 g/mol. The summed E-state index contributed by atoms with van der Waals surface area (Å²) in [7, 11) is 0. The number of aromatic carboxylic acids is 1. The number of hydrogen-bond donors (Lipinski definition) is 0. The highest BCUT2D eigenvalue weighted by Crippen LogP contribution is 2.24. The van der Waals surface area contributed by atoms with Gasteiger partial charge in [-0.05, 0) is 25.5 Å². The van der Waals surface area contributed by atoms with Crippen molar-refractivity contribution < 1.29 is 14.7 Å². The maximum atomic E-state index is 13.5. The molecule has 0 spiro atoms. The van der Waals surface area contributed by atoms with Crippen LogP contribution < -0.4 is 10.7 Å². The second-order valence-corrected chi connectivity index (χ2v) is 7.47. The SMILES string of the molecule is Cc1ccc(C(=O)[C@H](c2ccc(C)cc2)n2nc(C(=O)[O-])c3ccccc3c2=O)cc1. The molecule has 3 aromatic carbocycles. The molecule has 31 heavy (non-hydrogen) atoms. The van der Waals surface area contributed by atoms with Crippen molar-refractivity contribution in [3.05, 3.63) is 111 Å². The van der Waals surface area contributed by atoms with Gasteiger partial charge in [0.05, 0.1) is 11.4 Å². The predicted octanol–water partition coefficient (Wildman–Crippen LogP) is 2.85. The molecule has 0 unspecified atom stereocenters. The lowest BCUT2D eigenvalue weighted by Gasteiger charge is -2.21. The third kappa shape index (κ3) is 3.75. The Kier molecular flexibility index (Phi) is 5.21. The molecule has 0 radical (unpaired) electrons. The fourth-order valence-electron chi connectivity index (χ4n) is 3.56. The first-order valence-corrected chi connectivity index (χ1v) is 9.77. The number of carbonyl (C=O) groups is 2. The lowest BCUT2D eigenvalue weighted by Crippen LogP contribution is -2.36. The summed E-state index contributed by atoms with van der Waals surface area (Å²) >= 11 is 0. The van der Waals surface area contributed by atoms with Gasteiger partial charge in [-0.3, -0.25) is 9.59 Å². The van der Waals surface area contributed by atoms with Crippen LogP contribution in [0.2, 0.25) is 0 Å². The number of aromatic nitrogens is 2. The van der Waals surface area contributed by atoms with Crippen molar-refractivity contribution in [2.24, 2.45) is 0 Å². The standard InChI is InChI=1S/C25H20N2O4/c1-15-7-11-17(12-8-15)22(23(28)18-13-9-16(2)10-14-18)27-24(29)20-6-4-3-5-19(20)21(26-27)25(30)31/h3-14,22H,1-2H3,(H,30,31)/p-1/t22-/m0/s1. The van der Waals surface area contributed by atoms with Gasteiger partial charge in [0, 0.05) is 10.9 Å². The molecule has 4 rings (SSSR count). The quantitative estimate of drug-likeness (QED) is 0.471. The van der Waals surface area contributed by atoms with Crippen LogP contribution in [0, 0.1) is 13.8 Å². The van der Waals surface area contributed by atoms with Gasteiger partial charge in [-0.2, -0.15) is 5.10 Å². The number of benzene rings is 3. The normalized spacial score (nSPS) is 11.9. The fraction of sp³-hybridized carbons (Fsp3) is 0.120. The summed E-state index contributed by atoms with van der Waals surface area (Å²) in [4.78, 5) is 38.6. The minimum Gasteiger partial charge on any atom is -0.543 e. The Bertz CT molecular complexity index is 1350. The van der Waals surface area contributed by atoms with E-state index in [1.807, 2.05) is 38.1 Å². The van der Waals surface area contributed by atoms with Crippen molar-refractivity contribution in [2.45, 2.75) is 19.9 Å². The van der Waals surface area contributed by atoms with Crippen LogP contribution in [0.4, 0.5) is 0 Å². The summed E-state index contributed by atoms with van der Waals surface area (Å²) in [5.41, 5.74) is 1.97. The van der Waals surface area contributed by atoms with Gasteiger partial charge in [0.1, 0.15) is 11.7 Å². The summed E-state index contributed by atoms with van der Waals surface area (Å²) < 4.78 is 0.959. The van der Waals surface area contributed by atoms with Crippen LogP contribution in [0.3, 0.4) is 0 Å². The maximum absolute atomic E-state index is 13.5. The molecule has 1 heterocycles. The largest absolute Gasteiger partial charge is 0.543 e. The minimum absolute atomic E-state index is 0.158. The molecule has 4 aromatic rings. The third-order valence-corrected chi connectivity index (χ3v) is 5.24. The predicted molar refractivity (Wildman–Crippen MR) is 115 cm³/mol. The molecule has 0 saturated heterocycles. The number of carboxylic acid groups (broad SMARTS) is 1. The molecule has 154 valence electrons. The number of fused-ring (bicyclic) bond motifs is 1. The average molecular weight is 411 g/mol. The number of ketones is 1. The van der Waals surface area contributed by atoms with E-state index in [1.54, 1.807) is 36.4 Å². The molecule has 0 N–H and O–H groups in total. The van der Waals surface area contributed by atoms with Crippen LogP contribution in [-0.4, -0.2) is 21.5 Å². The van der Waals surface area contributed by atoms with Crippen molar-refractivity contribution >= 4 is 22.5 Å².